The molecule has 1 aromatic carbocycles. The van der Waals surface area contributed by atoms with Crippen molar-refractivity contribution >= 4 is 53.0 Å². The van der Waals surface area contributed by atoms with Gasteiger partial charge in [-0.2, -0.15) is 0 Å². The van der Waals surface area contributed by atoms with Gasteiger partial charge in [0.2, 0.25) is 18.2 Å². The third kappa shape index (κ3) is 14.8. The molecule has 5 aliphatic rings. The van der Waals surface area contributed by atoms with Crippen LogP contribution in [-0.4, -0.2) is 111 Å². The van der Waals surface area contributed by atoms with Crippen molar-refractivity contribution in [1.29, 1.82) is 0 Å². The lowest BCUT2D eigenvalue weighted by Crippen LogP contribution is -2.39. The smallest absolute Gasteiger partial charge is 0.410 e. The molecule has 2 aliphatic carbocycles. The molecule has 2 aromatic heterocycles. The minimum Gasteiger partial charge on any atom is -0.460 e. The van der Waals surface area contributed by atoms with Crippen molar-refractivity contribution in [3.05, 3.63) is 86.0 Å². The van der Waals surface area contributed by atoms with Gasteiger partial charge < -0.3 is 39.6 Å². The average molecular weight is 1110 g/mol. The Morgan fingerprint density at radius 3 is 2.42 bits per heavy atom. The summed E-state index contributed by atoms with van der Waals surface area (Å²) in [4.78, 5) is 108. The van der Waals surface area contributed by atoms with Gasteiger partial charge in [-0.25, -0.2) is 14.2 Å². The lowest BCUT2D eigenvalue weighted by Gasteiger charge is -2.35. The van der Waals surface area contributed by atoms with Crippen molar-refractivity contribution in [1.82, 2.24) is 35.3 Å². The molecule has 6 amide bonds. The van der Waals surface area contributed by atoms with Crippen LogP contribution in [0.4, 0.5) is 9.18 Å². The number of nitrogens with one attached hydrogen (secondary N) is 3. The lowest BCUT2D eigenvalue weighted by atomic mass is 9.81. The number of pyridine rings is 2. The molecule has 434 valence electrons. The minimum absolute atomic E-state index is 0.00786. The maximum atomic E-state index is 15.5. The Morgan fingerprint density at radius 1 is 0.963 bits per heavy atom. The Bertz CT molecular complexity index is 2940. The molecule has 3 aromatic rings. The Labute approximate surface area is 469 Å². The molecule has 0 saturated carbocycles. The Morgan fingerprint density at radius 2 is 1.71 bits per heavy atom. The van der Waals surface area contributed by atoms with Crippen LogP contribution in [-0.2, 0) is 62.6 Å². The molecular formula is C61H82FN7O11. The summed E-state index contributed by atoms with van der Waals surface area (Å²) in [6.07, 6.45) is 15.5. The standard InChI is InChI=1S/C51H61FN6O9.C10H21NO2/c1-5-33-35-25-41-47-36(27-58(41)49(63)37(35)28-66-50(33)64)46-40(20-19-34-30(3)38(52)26-39(55-47)45(34)46)56(4)51(65)67-32-15-9-8-14-31(17-18-32)48(62)53-23-11-10-13-29(2)54-42(59)16-7-6-12-24-57-43(60)21-22-44(57)61;1-9(2,3)13-7-6-10(4,5)11-8-12/h9,15,21-22,25-26,29,31-33,40H,5-8,10-14,16-20,23-24,27-28H2,1-4H3,(H,53,62)(H,54,59);8H,6-7H2,1-5H3,(H,11,12)/b15-9+;. The van der Waals surface area contributed by atoms with Crippen LogP contribution >= 0.6 is 0 Å². The summed E-state index contributed by atoms with van der Waals surface area (Å²) in [7, 11) is 1.71. The van der Waals surface area contributed by atoms with Gasteiger partial charge in [-0.05, 0) is 166 Å². The Balaban J connectivity index is 0.000000631. The van der Waals surface area contributed by atoms with E-state index in [1.165, 1.54) is 23.1 Å². The van der Waals surface area contributed by atoms with Gasteiger partial charge in [0.25, 0.3) is 17.4 Å². The van der Waals surface area contributed by atoms with Gasteiger partial charge in [0.05, 0.1) is 46.6 Å². The van der Waals surface area contributed by atoms with E-state index >= 15 is 4.39 Å². The van der Waals surface area contributed by atoms with E-state index in [2.05, 4.69) is 16.0 Å². The number of ether oxygens (including phenoxy) is 3. The minimum atomic E-state index is -0.575. The second-order valence-corrected chi connectivity index (χ2v) is 23.6. The number of fused-ring (bicyclic) bond motifs is 5. The average Bonchev–Trinajstić information content (AvgIpc) is 4.05. The first-order valence-corrected chi connectivity index (χ1v) is 28.7. The number of amides is 6. The van der Waals surface area contributed by atoms with Crippen molar-refractivity contribution in [2.75, 3.05) is 26.7 Å². The summed E-state index contributed by atoms with van der Waals surface area (Å²) in [5, 5.41) is 9.66. The van der Waals surface area contributed by atoms with Crippen LogP contribution < -0.4 is 21.5 Å². The second kappa shape index (κ2) is 26.7. The van der Waals surface area contributed by atoms with Crippen LogP contribution in [0.25, 0.3) is 22.3 Å². The number of benzene rings is 1. The molecular weight excluding hydrogens is 1030 g/mol. The molecule has 0 radical (unpaired) electrons. The number of aryl methyl sites for hydroxylation is 1. The lowest BCUT2D eigenvalue weighted by molar-refractivity contribution is -0.148. The zero-order valence-electron chi connectivity index (χ0n) is 48.2. The summed E-state index contributed by atoms with van der Waals surface area (Å²) < 4.78 is 34.2. The number of rotatable bonds is 21. The highest BCUT2D eigenvalue weighted by molar-refractivity contribution is 6.12. The molecule has 18 nitrogen and oxygen atoms in total. The van der Waals surface area contributed by atoms with Gasteiger partial charge in [0.15, 0.2) is 0 Å². The fraction of sp³-hybridized carbons (Fsp3) is 0.590. The molecule has 0 fully saturated rings. The first-order chi connectivity index (χ1) is 38.0. The van der Waals surface area contributed by atoms with E-state index < -0.39 is 24.2 Å². The van der Waals surface area contributed by atoms with E-state index in [0.717, 1.165) is 60.6 Å². The molecule has 5 unspecified atom stereocenters. The van der Waals surface area contributed by atoms with Crippen molar-refractivity contribution in [2.45, 2.75) is 200 Å². The number of nitrogens with zero attached hydrogens (tertiary/aromatic N) is 4. The molecule has 80 heavy (non-hydrogen) atoms. The van der Waals surface area contributed by atoms with Crippen molar-refractivity contribution in [3.8, 4) is 11.4 Å². The summed E-state index contributed by atoms with van der Waals surface area (Å²) in [5.74, 6) is -2.18. The topological polar surface area (TPSA) is 225 Å². The molecule has 5 heterocycles. The largest absolute Gasteiger partial charge is 0.460 e. The highest BCUT2D eigenvalue weighted by atomic mass is 19.1. The van der Waals surface area contributed by atoms with Crippen LogP contribution in [0.2, 0.25) is 0 Å². The zero-order chi connectivity index (χ0) is 58.1. The number of allylic oxidation sites excluding steroid dienone is 1. The molecule has 0 bridgehead atoms. The second-order valence-electron chi connectivity index (χ2n) is 23.6. The number of carbonyl (C=O) groups excluding carboxylic acids is 7. The SMILES string of the molecule is CC(C)(CCOC(C)(C)C)NC=O.CCC1C(=O)OCc2c1cc1n(c2=O)Cc2c-1nc1cc(F)c(C)c3c1c2C(N(C)C(=O)OC1/C=C/CCC(C(=O)NCCCCC(C)NC(=O)CCCCCN2C(=O)C=CC2=O)CC1)CC3. The number of halogens is 1. The number of carbonyl (C=O) groups is 7. The van der Waals surface area contributed by atoms with Crippen molar-refractivity contribution in [2.24, 2.45) is 5.92 Å². The van der Waals surface area contributed by atoms with Crippen molar-refractivity contribution < 1.29 is 52.2 Å². The van der Waals surface area contributed by atoms with E-state index in [1.54, 1.807) is 23.4 Å². The molecule has 0 spiro atoms. The molecule has 8 rings (SSSR count). The van der Waals surface area contributed by atoms with E-state index in [1.807, 2.05) is 66.7 Å². The van der Waals surface area contributed by atoms with E-state index in [4.69, 9.17) is 19.2 Å². The highest BCUT2D eigenvalue weighted by Crippen LogP contribution is 2.47. The van der Waals surface area contributed by atoms with Gasteiger partial charge >= 0.3 is 12.1 Å². The number of esters is 1. The normalized spacial score (nSPS) is 20.0. The number of cyclic esters (lactones) is 1. The molecule has 19 heteroatoms. The maximum Gasteiger partial charge on any atom is 0.410 e. The van der Waals surface area contributed by atoms with Gasteiger partial charge in [-0.3, -0.25) is 38.5 Å². The van der Waals surface area contributed by atoms with E-state index in [0.29, 0.717) is 117 Å². The van der Waals surface area contributed by atoms with Crippen LogP contribution in [0.1, 0.15) is 184 Å². The zero-order valence-corrected chi connectivity index (χ0v) is 48.2. The number of hydrogen-bond acceptors (Lipinski definition) is 12. The third-order valence-corrected chi connectivity index (χ3v) is 16.0. The Kier molecular flexibility index (Phi) is 20.3. The van der Waals surface area contributed by atoms with Crippen LogP contribution in [0.5, 0.6) is 0 Å². The van der Waals surface area contributed by atoms with E-state index in [-0.39, 0.29) is 77.2 Å². The first-order valence-electron chi connectivity index (χ1n) is 28.7. The maximum absolute atomic E-state index is 15.5. The van der Waals surface area contributed by atoms with Crippen LogP contribution in [0.3, 0.4) is 0 Å². The number of unbranched alkanes of at least 4 members (excludes halogenated alkanes) is 3. The molecule has 0 saturated heterocycles. The quantitative estimate of drug-likeness (QED) is 0.0235. The fourth-order valence-electron chi connectivity index (χ4n) is 11.4. The summed E-state index contributed by atoms with van der Waals surface area (Å²) in [6.45, 7) is 17.3. The monoisotopic (exact) mass is 1110 g/mol. The predicted octanol–water partition coefficient (Wildman–Crippen LogP) is 8.59. The molecule has 3 N–H and O–H groups in total. The number of aromatic nitrogens is 2. The molecule has 3 aliphatic heterocycles. The summed E-state index contributed by atoms with van der Waals surface area (Å²) >= 11 is 0. The van der Waals surface area contributed by atoms with Crippen LogP contribution in [0.15, 0.2) is 41.2 Å². The van der Waals surface area contributed by atoms with Gasteiger partial charge in [0, 0.05) is 79.8 Å². The summed E-state index contributed by atoms with van der Waals surface area (Å²) in [5.41, 5.74) is 5.09. The predicted molar refractivity (Wildman–Crippen MR) is 301 cm³/mol. The van der Waals surface area contributed by atoms with Gasteiger partial charge in [-0.1, -0.05) is 19.4 Å². The highest BCUT2D eigenvalue weighted by Gasteiger charge is 2.40. The Hall–Kier alpha value is -6.76. The number of imide groups is 1. The third-order valence-electron chi connectivity index (χ3n) is 16.0. The van der Waals surface area contributed by atoms with Gasteiger partial charge in [-0.15, -0.1) is 0 Å². The fourth-order valence-corrected chi connectivity index (χ4v) is 11.4. The summed E-state index contributed by atoms with van der Waals surface area (Å²) in [6, 6.07) is 2.82. The van der Waals surface area contributed by atoms with E-state index in [9.17, 15) is 38.4 Å². The van der Waals surface area contributed by atoms with Gasteiger partial charge in [0.1, 0.15) is 18.5 Å². The first kappa shape index (κ1) is 60.9. The van der Waals surface area contributed by atoms with Crippen LogP contribution in [0, 0.1) is 18.7 Å². The van der Waals surface area contributed by atoms with Crippen molar-refractivity contribution in [3.63, 3.8) is 0 Å². The molecule has 5 atom stereocenters. The number of hydrogen-bond donors (Lipinski definition) is 3.